The molecule has 1 radical (unpaired) electrons. The first-order valence-corrected chi connectivity index (χ1v) is 8.55. The molecule has 0 aliphatic rings. The van der Waals surface area contributed by atoms with Crippen LogP contribution >= 0.6 is 0 Å². The van der Waals surface area contributed by atoms with Crippen molar-refractivity contribution in [2.45, 2.75) is 0 Å². The van der Waals surface area contributed by atoms with E-state index in [1.807, 2.05) is 0 Å². The number of hydrogen-bond donors (Lipinski definition) is 0. The summed E-state index contributed by atoms with van der Waals surface area (Å²) in [6.07, 6.45) is 0. The summed E-state index contributed by atoms with van der Waals surface area (Å²) in [6, 6.07) is 38.3. The molecule has 0 fully saturated rings. The van der Waals surface area contributed by atoms with Crippen LogP contribution in [0.4, 0.5) is 0 Å². The average Bonchev–Trinajstić information content (AvgIpc) is 2.70. The summed E-state index contributed by atoms with van der Waals surface area (Å²) < 4.78 is 0. The third-order valence-corrected chi connectivity index (χ3v) is 4.39. The Labute approximate surface area is 150 Å². The van der Waals surface area contributed by atoms with Crippen LogP contribution in [0.15, 0.2) is 109 Å². The predicted octanol–water partition coefficient (Wildman–Crippen LogP) is 4.68. The molecule has 4 aromatic carbocycles. The van der Waals surface area contributed by atoms with Gasteiger partial charge in [0, 0.05) is 0 Å². The molecule has 25 heavy (non-hydrogen) atoms. The zero-order valence-corrected chi connectivity index (χ0v) is 14.0. The molecule has 0 saturated carbocycles. The topological polar surface area (TPSA) is 0 Å². The molecular formula is C24H18B. The van der Waals surface area contributed by atoms with Gasteiger partial charge in [0.15, 0.2) is 7.28 Å². The fraction of sp³-hybridized carbons (Fsp3) is 0. The van der Waals surface area contributed by atoms with Gasteiger partial charge in [-0.05, 0) is 22.3 Å². The van der Waals surface area contributed by atoms with Gasteiger partial charge in [-0.2, -0.15) is 0 Å². The summed E-state index contributed by atoms with van der Waals surface area (Å²) in [5.41, 5.74) is 7.45. The second-order valence-electron chi connectivity index (χ2n) is 6.05. The predicted molar refractivity (Wildman–Crippen MR) is 109 cm³/mol. The summed E-state index contributed by atoms with van der Waals surface area (Å²) in [6.45, 7) is 0. The first kappa shape index (κ1) is 15.5. The molecular weight excluding hydrogens is 299 g/mol. The molecule has 0 spiro atoms. The van der Waals surface area contributed by atoms with E-state index in [9.17, 15) is 0 Å². The lowest BCUT2D eigenvalue weighted by Gasteiger charge is -2.15. The van der Waals surface area contributed by atoms with E-state index in [4.69, 9.17) is 0 Å². The summed E-state index contributed by atoms with van der Waals surface area (Å²) >= 11 is 0. The van der Waals surface area contributed by atoms with Crippen LogP contribution in [0, 0.1) is 0 Å². The Morgan fingerprint density at radius 3 is 1.32 bits per heavy atom. The minimum Gasteiger partial charge on any atom is -0.0814 e. The van der Waals surface area contributed by atoms with Crippen LogP contribution in [0.2, 0.25) is 0 Å². The SMILES string of the molecule is [B](c1ccccc1)c1c(-c2ccccc2)cccc1-c1ccccc1. The maximum absolute atomic E-state index is 2.28. The van der Waals surface area contributed by atoms with Crippen molar-refractivity contribution < 1.29 is 0 Å². The molecule has 0 saturated heterocycles. The largest absolute Gasteiger partial charge is 0.193 e. The van der Waals surface area contributed by atoms with E-state index >= 15 is 0 Å². The Kier molecular flexibility index (Phi) is 4.47. The second kappa shape index (κ2) is 7.23. The van der Waals surface area contributed by atoms with E-state index in [2.05, 4.69) is 116 Å². The van der Waals surface area contributed by atoms with E-state index in [0.29, 0.717) is 0 Å². The molecule has 0 nitrogen and oxygen atoms in total. The Hall–Kier alpha value is -3.06. The monoisotopic (exact) mass is 317 g/mol. The van der Waals surface area contributed by atoms with E-state index < -0.39 is 0 Å². The molecule has 0 amide bonds. The van der Waals surface area contributed by atoms with Crippen LogP contribution in [-0.2, 0) is 0 Å². The molecule has 0 atom stereocenters. The molecule has 0 aromatic heterocycles. The van der Waals surface area contributed by atoms with Crippen molar-refractivity contribution in [1.82, 2.24) is 0 Å². The van der Waals surface area contributed by atoms with E-state index in [0.717, 1.165) is 0 Å². The average molecular weight is 317 g/mol. The molecule has 117 valence electrons. The molecule has 0 heterocycles. The Morgan fingerprint density at radius 1 is 0.400 bits per heavy atom. The molecule has 0 N–H and O–H groups in total. The molecule has 4 rings (SSSR count). The first-order valence-electron chi connectivity index (χ1n) is 8.55. The fourth-order valence-electron chi connectivity index (χ4n) is 3.18. The highest BCUT2D eigenvalue weighted by atomic mass is 14.1. The lowest BCUT2D eigenvalue weighted by molar-refractivity contribution is 1.61. The maximum atomic E-state index is 2.28. The van der Waals surface area contributed by atoms with Crippen LogP contribution in [-0.4, -0.2) is 7.28 Å². The smallest absolute Gasteiger partial charge is 0.0814 e. The van der Waals surface area contributed by atoms with Gasteiger partial charge in [0.1, 0.15) is 0 Å². The number of hydrogen-bond acceptors (Lipinski definition) is 0. The fourth-order valence-corrected chi connectivity index (χ4v) is 3.18. The first-order chi connectivity index (χ1) is 12.4. The van der Waals surface area contributed by atoms with Crippen molar-refractivity contribution in [2.75, 3.05) is 0 Å². The van der Waals surface area contributed by atoms with Gasteiger partial charge in [-0.15, -0.1) is 0 Å². The third kappa shape index (κ3) is 3.41. The molecule has 0 aliphatic carbocycles. The Balaban J connectivity index is 1.90. The molecule has 0 aliphatic heterocycles. The van der Waals surface area contributed by atoms with Crippen molar-refractivity contribution >= 4 is 18.2 Å². The zero-order valence-electron chi connectivity index (χ0n) is 14.0. The Morgan fingerprint density at radius 2 is 0.840 bits per heavy atom. The Bertz CT molecular complexity index is 887. The van der Waals surface area contributed by atoms with Gasteiger partial charge < -0.3 is 0 Å². The van der Waals surface area contributed by atoms with Crippen LogP contribution < -0.4 is 10.9 Å². The molecule has 0 bridgehead atoms. The highest BCUT2D eigenvalue weighted by molar-refractivity contribution is 6.70. The van der Waals surface area contributed by atoms with Gasteiger partial charge in [-0.1, -0.05) is 120 Å². The van der Waals surface area contributed by atoms with E-state index in [1.165, 1.54) is 33.2 Å². The zero-order chi connectivity index (χ0) is 16.9. The minimum absolute atomic E-state index is 1.21. The van der Waals surface area contributed by atoms with E-state index in [-0.39, 0.29) is 0 Å². The van der Waals surface area contributed by atoms with Crippen LogP contribution in [0.5, 0.6) is 0 Å². The quantitative estimate of drug-likeness (QED) is 0.480. The lowest BCUT2D eigenvalue weighted by atomic mass is 9.59. The normalized spacial score (nSPS) is 10.4. The third-order valence-electron chi connectivity index (χ3n) is 4.39. The van der Waals surface area contributed by atoms with Gasteiger partial charge in [-0.3, -0.25) is 0 Å². The van der Waals surface area contributed by atoms with Gasteiger partial charge in [-0.25, -0.2) is 0 Å². The lowest BCUT2D eigenvalue weighted by Crippen LogP contribution is -2.30. The van der Waals surface area contributed by atoms with Gasteiger partial charge >= 0.3 is 0 Å². The highest BCUT2D eigenvalue weighted by Crippen LogP contribution is 2.24. The molecule has 4 aromatic rings. The van der Waals surface area contributed by atoms with Crippen LogP contribution in [0.3, 0.4) is 0 Å². The maximum Gasteiger partial charge on any atom is 0.193 e. The van der Waals surface area contributed by atoms with Gasteiger partial charge in [0.25, 0.3) is 0 Å². The van der Waals surface area contributed by atoms with Crippen molar-refractivity contribution in [2.24, 2.45) is 0 Å². The summed E-state index contributed by atoms with van der Waals surface area (Å²) in [4.78, 5) is 0. The van der Waals surface area contributed by atoms with E-state index in [1.54, 1.807) is 0 Å². The van der Waals surface area contributed by atoms with Crippen LogP contribution in [0.25, 0.3) is 22.3 Å². The molecule has 0 unspecified atom stereocenters. The molecule has 1 heteroatoms. The van der Waals surface area contributed by atoms with Crippen molar-refractivity contribution in [1.29, 1.82) is 0 Å². The van der Waals surface area contributed by atoms with Crippen molar-refractivity contribution in [3.63, 3.8) is 0 Å². The highest BCUT2D eigenvalue weighted by Gasteiger charge is 2.13. The van der Waals surface area contributed by atoms with Crippen LogP contribution in [0.1, 0.15) is 0 Å². The second-order valence-corrected chi connectivity index (χ2v) is 6.05. The van der Waals surface area contributed by atoms with Crippen molar-refractivity contribution in [3.05, 3.63) is 109 Å². The summed E-state index contributed by atoms with van der Waals surface area (Å²) in [7, 11) is 2.28. The number of benzene rings is 4. The summed E-state index contributed by atoms with van der Waals surface area (Å²) in [5.74, 6) is 0. The van der Waals surface area contributed by atoms with Crippen molar-refractivity contribution in [3.8, 4) is 22.3 Å². The van der Waals surface area contributed by atoms with Gasteiger partial charge in [0.05, 0.1) is 0 Å². The minimum atomic E-state index is 1.21. The summed E-state index contributed by atoms with van der Waals surface area (Å²) in [5, 5.41) is 0. The standard InChI is InChI=1S/C24H18B/c1-4-11-19(12-5-1)22-17-10-18-23(20-13-6-2-7-14-20)24(22)25-21-15-8-3-9-16-21/h1-18H. The number of rotatable bonds is 4. The van der Waals surface area contributed by atoms with Gasteiger partial charge in [0.2, 0.25) is 0 Å².